The molecule has 0 amide bonds. The summed E-state index contributed by atoms with van der Waals surface area (Å²) in [6.45, 7) is 1.34. The molecule has 3 atom stereocenters. The summed E-state index contributed by atoms with van der Waals surface area (Å²) in [5.41, 5.74) is 0.896. The molecule has 0 spiro atoms. The molecule has 0 aromatic heterocycles. The molecule has 1 N–H and O–H groups in total. The first-order chi connectivity index (χ1) is 9.65. The SMILES string of the molecule is CC(=O)OC[C@H]1O[C@H](C#Cc2ccccc2)C=C[C@@H]1O. The number of hydrogen-bond acceptors (Lipinski definition) is 4. The van der Waals surface area contributed by atoms with Gasteiger partial charge >= 0.3 is 5.97 Å². The maximum atomic E-state index is 10.8. The Morgan fingerprint density at radius 2 is 2.10 bits per heavy atom. The van der Waals surface area contributed by atoms with Gasteiger partial charge in [-0.2, -0.15) is 0 Å². The molecule has 0 saturated carbocycles. The van der Waals surface area contributed by atoms with E-state index < -0.39 is 24.3 Å². The molecule has 1 heterocycles. The van der Waals surface area contributed by atoms with Gasteiger partial charge < -0.3 is 14.6 Å². The van der Waals surface area contributed by atoms with Crippen LogP contribution in [0.4, 0.5) is 0 Å². The molecule has 4 nitrogen and oxygen atoms in total. The van der Waals surface area contributed by atoms with Gasteiger partial charge in [0.2, 0.25) is 0 Å². The van der Waals surface area contributed by atoms with Crippen LogP contribution < -0.4 is 0 Å². The number of aliphatic hydroxyl groups is 1. The molecule has 1 aliphatic heterocycles. The normalized spacial score (nSPS) is 24.6. The second kappa shape index (κ2) is 6.90. The number of rotatable bonds is 2. The Morgan fingerprint density at radius 1 is 1.35 bits per heavy atom. The Hall–Kier alpha value is -2.09. The lowest BCUT2D eigenvalue weighted by atomic mass is 10.1. The van der Waals surface area contributed by atoms with Gasteiger partial charge in [-0.3, -0.25) is 4.79 Å². The molecule has 1 aromatic carbocycles. The summed E-state index contributed by atoms with van der Waals surface area (Å²) < 4.78 is 10.4. The summed E-state index contributed by atoms with van der Waals surface area (Å²) in [6, 6.07) is 9.56. The van der Waals surface area contributed by atoms with Gasteiger partial charge in [0, 0.05) is 12.5 Å². The van der Waals surface area contributed by atoms with Crippen LogP contribution in [-0.4, -0.2) is 36.0 Å². The zero-order valence-electron chi connectivity index (χ0n) is 11.2. The molecule has 0 bridgehead atoms. The summed E-state index contributed by atoms with van der Waals surface area (Å²) in [7, 11) is 0. The summed E-state index contributed by atoms with van der Waals surface area (Å²) in [5.74, 6) is 5.56. The van der Waals surface area contributed by atoms with Gasteiger partial charge in [0.25, 0.3) is 0 Å². The first-order valence-corrected chi connectivity index (χ1v) is 6.37. The third-order valence-electron chi connectivity index (χ3n) is 2.77. The predicted octanol–water partition coefficient (Wildman–Crippen LogP) is 1.29. The van der Waals surface area contributed by atoms with E-state index in [9.17, 15) is 9.90 Å². The number of aliphatic hydroxyl groups excluding tert-OH is 1. The minimum atomic E-state index is -0.788. The molecular weight excluding hydrogens is 256 g/mol. The van der Waals surface area contributed by atoms with Crippen molar-refractivity contribution >= 4 is 5.97 Å². The fourth-order valence-corrected chi connectivity index (χ4v) is 1.75. The monoisotopic (exact) mass is 272 g/mol. The zero-order chi connectivity index (χ0) is 14.4. The predicted molar refractivity (Wildman–Crippen MR) is 73.8 cm³/mol. The standard InChI is InChI=1S/C16H16O4/c1-12(17)19-11-16-15(18)10-9-14(20-16)8-7-13-5-3-2-4-6-13/h2-6,9-10,14-16,18H,11H2,1H3/t14-,15+,16-/m1/s1. The van der Waals surface area contributed by atoms with Crippen molar-refractivity contribution in [3.8, 4) is 11.8 Å². The molecule has 0 fully saturated rings. The fourth-order valence-electron chi connectivity index (χ4n) is 1.75. The van der Waals surface area contributed by atoms with Crippen LogP contribution in [0, 0.1) is 11.8 Å². The highest BCUT2D eigenvalue weighted by atomic mass is 16.6. The quantitative estimate of drug-likeness (QED) is 0.501. The Kier molecular flexibility index (Phi) is 4.94. The number of carbonyl (C=O) groups excluding carboxylic acids is 1. The van der Waals surface area contributed by atoms with E-state index in [1.807, 2.05) is 30.3 Å². The minimum absolute atomic E-state index is 0.0182. The van der Waals surface area contributed by atoms with Gasteiger partial charge in [0.1, 0.15) is 24.9 Å². The van der Waals surface area contributed by atoms with Gasteiger partial charge in [-0.1, -0.05) is 36.1 Å². The van der Waals surface area contributed by atoms with Crippen molar-refractivity contribution in [1.29, 1.82) is 0 Å². The number of carbonyl (C=O) groups is 1. The summed E-state index contributed by atoms with van der Waals surface area (Å²) in [6.07, 6.45) is 1.52. The summed E-state index contributed by atoms with van der Waals surface area (Å²) >= 11 is 0. The second-order valence-electron chi connectivity index (χ2n) is 4.41. The van der Waals surface area contributed by atoms with Crippen LogP contribution in [0.1, 0.15) is 12.5 Å². The lowest BCUT2D eigenvalue weighted by Crippen LogP contribution is -2.38. The molecule has 4 heteroatoms. The smallest absolute Gasteiger partial charge is 0.302 e. The van der Waals surface area contributed by atoms with Crippen LogP contribution >= 0.6 is 0 Å². The average Bonchev–Trinajstić information content (AvgIpc) is 2.46. The lowest BCUT2D eigenvalue weighted by Gasteiger charge is -2.26. The molecule has 0 aliphatic carbocycles. The molecule has 1 aromatic rings. The van der Waals surface area contributed by atoms with Gasteiger partial charge in [0.05, 0.1) is 0 Å². The molecule has 0 saturated heterocycles. The second-order valence-corrected chi connectivity index (χ2v) is 4.41. The van der Waals surface area contributed by atoms with Crippen LogP contribution in [0.15, 0.2) is 42.5 Å². The lowest BCUT2D eigenvalue weighted by molar-refractivity contribution is -0.149. The minimum Gasteiger partial charge on any atom is -0.463 e. The number of ether oxygens (including phenoxy) is 2. The van der Waals surface area contributed by atoms with E-state index in [1.54, 1.807) is 12.2 Å². The van der Waals surface area contributed by atoms with Gasteiger partial charge in [-0.05, 0) is 18.2 Å². The highest BCUT2D eigenvalue weighted by Gasteiger charge is 2.25. The largest absolute Gasteiger partial charge is 0.463 e. The van der Waals surface area contributed by atoms with Crippen molar-refractivity contribution in [3.63, 3.8) is 0 Å². The van der Waals surface area contributed by atoms with Gasteiger partial charge in [0.15, 0.2) is 0 Å². The Labute approximate surface area is 118 Å². The molecule has 20 heavy (non-hydrogen) atoms. The molecule has 1 aliphatic rings. The Bertz CT molecular complexity index is 539. The van der Waals surface area contributed by atoms with Gasteiger partial charge in [-0.25, -0.2) is 0 Å². The fraction of sp³-hybridized carbons (Fsp3) is 0.312. The van der Waals surface area contributed by atoms with Crippen LogP contribution in [0.2, 0.25) is 0 Å². The number of esters is 1. The molecule has 2 rings (SSSR count). The van der Waals surface area contributed by atoms with E-state index in [4.69, 9.17) is 9.47 Å². The van der Waals surface area contributed by atoms with Crippen molar-refractivity contribution in [1.82, 2.24) is 0 Å². The number of hydrogen-bond donors (Lipinski definition) is 1. The van der Waals surface area contributed by atoms with Crippen LogP contribution in [0.5, 0.6) is 0 Å². The molecule has 0 radical (unpaired) electrons. The van der Waals surface area contributed by atoms with E-state index in [0.717, 1.165) is 5.56 Å². The highest BCUT2D eigenvalue weighted by Crippen LogP contribution is 2.13. The van der Waals surface area contributed by atoms with Gasteiger partial charge in [-0.15, -0.1) is 0 Å². The van der Waals surface area contributed by atoms with Crippen LogP contribution in [0.3, 0.4) is 0 Å². The first kappa shape index (κ1) is 14.3. The topological polar surface area (TPSA) is 55.8 Å². The van der Waals surface area contributed by atoms with Crippen molar-refractivity contribution in [2.75, 3.05) is 6.61 Å². The van der Waals surface area contributed by atoms with Crippen LogP contribution in [0.25, 0.3) is 0 Å². The maximum absolute atomic E-state index is 10.8. The van der Waals surface area contributed by atoms with E-state index >= 15 is 0 Å². The highest BCUT2D eigenvalue weighted by molar-refractivity contribution is 5.65. The van der Waals surface area contributed by atoms with E-state index in [1.165, 1.54) is 6.92 Å². The Morgan fingerprint density at radius 3 is 2.80 bits per heavy atom. The molecule has 104 valence electrons. The number of benzene rings is 1. The first-order valence-electron chi connectivity index (χ1n) is 6.37. The Balaban J connectivity index is 1.98. The average molecular weight is 272 g/mol. The molecular formula is C16H16O4. The van der Waals surface area contributed by atoms with Crippen molar-refractivity contribution < 1.29 is 19.4 Å². The van der Waals surface area contributed by atoms with E-state index in [0.29, 0.717) is 0 Å². The van der Waals surface area contributed by atoms with Crippen molar-refractivity contribution in [2.45, 2.75) is 25.2 Å². The molecule has 0 unspecified atom stereocenters. The van der Waals surface area contributed by atoms with Crippen molar-refractivity contribution in [2.24, 2.45) is 0 Å². The maximum Gasteiger partial charge on any atom is 0.302 e. The summed E-state index contributed by atoms with van der Waals surface area (Å²) in [5, 5.41) is 9.73. The van der Waals surface area contributed by atoms with Crippen LogP contribution in [-0.2, 0) is 14.3 Å². The zero-order valence-corrected chi connectivity index (χ0v) is 11.2. The summed E-state index contributed by atoms with van der Waals surface area (Å²) in [4.78, 5) is 10.8. The van der Waals surface area contributed by atoms with Crippen molar-refractivity contribution in [3.05, 3.63) is 48.0 Å². The van der Waals surface area contributed by atoms with E-state index in [-0.39, 0.29) is 6.61 Å². The van der Waals surface area contributed by atoms with E-state index in [2.05, 4.69) is 11.8 Å². The third kappa shape index (κ3) is 4.23. The third-order valence-corrected chi connectivity index (χ3v) is 2.77.